The molecule has 3 rings (SSSR count). The number of aromatic nitrogens is 2. The molecule has 0 aliphatic rings. The number of hydrogen-bond donors (Lipinski definition) is 1. The first-order valence-electron chi connectivity index (χ1n) is 6.15. The van der Waals surface area contributed by atoms with E-state index in [2.05, 4.69) is 20.0 Å². The molecule has 0 atom stereocenters. The van der Waals surface area contributed by atoms with Crippen LogP contribution < -0.4 is 10.1 Å². The van der Waals surface area contributed by atoms with Crippen molar-refractivity contribution in [3.63, 3.8) is 0 Å². The average Bonchev–Trinajstić information content (AvgIpc) is 2.83. The van der Waals surface area contributed by atoms with E-state index in [9.17, 15) is 8.78 Å². The van der Waals surface area contributed by atoms with Gasteiger partial charge in [-0.3, -0.25) is 0 Å². The molecule has 2 aromatic heterocycles. The summed E-state index contributed by atoms with van der Waals surface area (Å²) in [5, 5.41) is 5.91. The molecule has 0 spiro atoms. The van der Waals surface area contributed by atoms with Crippen LogP contribution in [0.1, 0.15) is 5.56 Å². The van der Waals surface area contributed by atoms with Crippen molar-refractivity contribution >= 4 is 33.1 Å². The third-order valence-corrected chi connectivity index (χ3v) is 3.91. The second-order valence-electron chi connectivity index (χ2n) is 4.32. The highest BCUT2D eigenvalue weighted by molar-refractivity contribution is 7.17. The highest BCUT2D eigenvalue weighted by atomic mass is 32.1. The monoisotopic (exact) mass is 307 g/mol. The zero-order valence-electron chi connectivity index (χ0n) is 11.0. The molecule has 2 heterocycles. The van der Waals surface area contributed by atoms with Gasteiger partial charge >= 0.3 is 6.61 Å². The first kappa shape index (κ1) is 13.7. The summed E-state index contributed by atoms with van der Waals surface area (Å²) in [5.74, 6) is 0.649. The summed E-state index contributed by atoms with van der Waals surface area (Å²) in [6, 6.07) is 6.51. The van der Waals surface area contributed by atoms with Crippen LogP contribution in [0.4, 0.5) is 20.3 Å². The van der Waals surface area contributed by atoms with Crippen LogP contribution in [0.3, 0.4) is 0 Å². The first-order valence-corrected chi connectivity index (χ1v) is 7.03. The maximum atomic E-state index is 12.4. The third kappa shape index (κ3) is 2.78. The molecule has 0 amide bonds. The Morgan fingerprint density at radius 3 is 2.86 bits per heavy atom. The fraction of sp³-hybridized carbons (Fsp3) is 0.143. The van der Waals surface area contributed by atoms with Gasteiger partial charge in [0.2, 0.25) is 0 Å². The van der Waals surface area contributed by atoms with E-state index in [0.717, 1.165) is 15.8 Å². The van der Waals surface area contributed by atoms with Gasteiger partial charge < -0.3 is 10.1 Å². The standard InChI is InChI=1S/C14H11F2N3OS/c1-8-6-21-13-11(8)12(17-7-18-13)19-9-4-2-3-5-10(9)20-14(15)16/h2-7,14H,1H3,(H,17,18,19). The lowest BCUT2D eigenvalue weighted by molar-refractivity contribution is -0.0493. The molecule has 108 valence electrons. The van der Waals surface area contributed by atoms with Gasteiger partial charge in [0, 0.05) is 0 Å². The van der Waals surface area contributed by atoms with Gasteiger partial charge in [-0.25, -0.2) is 9.97 Å². The number of rotatable bonds is 4. The summed E-state index contributed by atoms with van der Waals surface area (Å²) >= 11 is 1.51. The number of para-hydroxylation sites is 2. The van der Waals surface area contributed by atoms with Crippen LogP contribution in [0, 0.1) is 6.92 Å². The minimum absolute atomic E-state index is 0.0761. The summed E-state index contributed by atoms with van der Waals surface area (Å²) in [7, 11) is 0. The number of ether oxygens (including phenoxy) is 1. The average molecular weight is 307 g/mol. The van der Waals surface area contributed by atoms with Gasteiger partial charge in [-0.05, 0) is 30.0 Å². The maximum absolute atomic E-state index is 12.4. The molecule has 0 aliphatic carbocycles. The molecular weight excluding hydrogens is 296 g/mol. The number of nitrogens with one attached hydrogen (secondary N) is 1. The van der Waals surface area contributed by atoms with E-state index in [1.807, 2.05) is 12.3 Å². The fourth-order valence-electron chi connectivity index (χ4n) is 2.01. The SMILES string of the molecule is Cc1csc2ncnc(Nc3ccccc3OC(F)F)c12. The van der Waals surface area contributed by atoms with Gasteiger partial charge in [-0.2, -0.15) is 8.78 Å². The lowest BCUT2D eigenvalue weighted by Gasteiger charge is -2.12. The van der Waals surface area contributed by atoms with Crippen molar-refractivity contribution in [2.24, 2.45) is 0 Å². The third-order valence-electron chi connectivity index (χ3n) is 2.91. The Hall–Kier alpha value is -2.28. The number of anilines is 2. The quantitative estimate of drug-likeness (QED) is 0.778. The van der Waals surface area contributed by atoms with Crippen molar-refractivity contribution in [1.29, 1.82) is 0 Å². The predicted molar refractivity (Wildman–Crippen MR) is 78.5 cm³/mol. The summed E-state index contributed by atoms with van der Waals surface area (Å²) < 4.78 is 29.4. The molecule has 0 fully saturated rings. The van der Waals surface area contributed by atoms with Crippen LogP contribution in [0.2, 0.25) is 0 Å². The van der Waals surface area contributed by atoms with Gasteiger partial charge in [-0.15, -0.1) is 11.3 Å². The highest BCUT2D eigenvalue weighted by Crippen LogP contribution is 2.33. The van der Waals surface area contributed by atoms with Crippen LogP contribution in [0.25, 0.3) is 10.2 Å². The van der Waals surface area contributed by atoms with E-state index >= 15 is 0 Å². The molecule has 1 N–H and O–H groups in total. The Bertz CT molecular complexity index is 776. The van der Waals surface area contributed by atoms with Crippen LogP contribution in [-0.2, 0) is 0 Å². The Kier molecular flexibility index (Phi) is 3.66. The van der Waals surface area contributed by atoms with E-state index in [-0.39, 0.29) is 5.75 Å². The van der Waals surface area contributed by atoms with Crippen molar-refractivity contribution in [1.82, 2.24) is 9.97 Å². The molecule has 0 radical (unpaired) electrons. The number of benzene rings is 1. The van der Waals surface area contributed by atoms with E-state index in [0.29, 0.717) is 11.5 Å². The lowest BCUT2D eigenvalue weighted by Crippen LogP contribution is -2.05. The van der Waals surface area contributed by atoms with Gasteiger partial charge in [0.1, 0.15) is 22.7 Å². The molecule has 0 saturated carbocycles. The van der Waals surface area contributed by atoms with Crippen molar-refractivity contribution in [2.45, 2.75) is 13.5 Å². The fourth-order valence-corrected chi connectivity index (χ4v) is 2.90. The normalized spacial score (nSPS) is 11.0. The lowest BCUT2D eigenvalue weighted by atomic mass is 10.2. The largest absolute Gasteiger partial charge is 0.433 e. The molecule has 0 bridgehead atoms. The van der Waals surface area contributed by atoms with Crippen LogP contribution >= 0.6 is 11.3 Å². The number of aryl methyl sites for hydroxylation is 1. The van der Waals surface area contributed by atoms with E-state index in [4.69, 9.17) is 0 Å². The zero-order valence-corrected chi connectivity index (χ0v) is 11.8. The minimum Gasteiger partial charge on any atom is -0.433 e. The number of alkyl halides is 2. The molecule has 7 heteroatoms. The van der Waals surface area contributed by atoms with Crippen LogP contribution in [-0.4, -0.2) is 16.6 Å². The molecule has 1 aromatic carbocycles. The van der Waals surface area contributed by atoms with Gasteiger partial charge in [0.25, 0.3) is 0 Å². The number of halogens is 2. The minimum atomic E-state index is -2.87. The summed E-state index contributed by atoms with van der Waals surface area (Å²) in [5.41, 5.74) is 1.47. The van der Waals surface area contributed by atoms with Gasteiger partial charge in [-0.1, -0.05) is 12.1 Å². The number of fused-ring (bicyclic) bond motifs is 1. The number of thiophene rings is 1. The number of nitrogens with zero attached hydrogens (tertiary/aromatic N) is 2. The smallest absolute Gasteiger partial charge is 0.387 e. The van der Waals surface area contributed by atoms with Crippen molar-refractivity contribution in [2.75, 3.05) is 5.32 Å². The Balaban J connectivity index is 2.01. The zero-order chi connectivity index (χ0) is 14.8. The van der Waals surface area contributed by atoms with Crippen molar-refractivity contribution in [3.05, 3.63) is 41.5 Å². The van der Waals surface area contributed by atoms with E-state index < -0.39 is 6.61 Å². The second kappa shape index (κ2) is 5.61. The van der Waals surface area contributed by atoms with Gasteiger partial charge in [0.05, 0.1) is 11.1 Å². The molecule has 21 heavy (non-hydrogen) atoms. The van der Waals surface area contributed by atoms with E-state index in [1.54, 1.807) is 18.2 Å². The van der Waals surface area contributed by atoms with Crippen molar-refractivity contribution in [3.8, 4) is 5.75 Å². The molecule has 3 aromatic rings. The summed E-state index contributed by atoms with van der Waals surface area (Å²) in [6.45, 7) is -0.921. The molecule has 0 unspecified atom stereocenters. The maximum Gasteiger partial charge on any atom is 0.387 e. The Labute approximate surface area is 123 Å². The molecule has 0 aliphatic heterocycles. The predicted octanol–water partition coefficient (Wildman–Crippen LogP) is 4.34. The van der Waals surface area contributed by atoms with E-state index in [1.165, 1.54) is 23.7 Å². The molecular formula is C14H11F2N3OS. The number of hydrogen-bond acceptors (Lipinski definition) is 5. The first-order chi connectivity index (χ1) is 10.1. The van der Waals surface area contributed by atoms with Gasteiger partial charge in [0.15, 0.2) is 0 Å². The Morgan fingerprint density at radius 1 is 1.24 bits per heavy atom. The second-order valence-corrected chi connectivity index (χ2v) is 5.18. The topological polar surface area (TPSA) is 47.0 Å². The highest BCUT2D eigenvalue weighted by Gasteiger charge is 2.13. The summed E-state index contributed by atoms with van der Waals surface area (Å²) in [6.07, 6.45) is 1.44. The Morgan fingerprint density at radius 2 is 2.05 bits per heavy atom. The summed E-state index contributed by atoms with van der Waals surface area (Å²) in [4.78, 5) is 9.23. The molecule has 4 nitrogen and oxygen atoms in total. The molecule has 0 saturated heterocycles. The van der Waals surface area contributed by atoms with Crippen LogP contribution in [0.15, 0.2) is 36.0 Å². The van der Waals surface area contributed by atoms with Crippen molar-refractivity contribution < 1.29 is 13.5 Å². The van der Waals surface area contributed by atoms with Crippen LogP contribution in [0.5, 0.6) is 5.75 Å².